The lowest BCUT2D eigenvalue weighted by Crippen LogP contribution is -2.52. The van der Waals surface area contributed by atoms with Crippen molar-refractivity contribution in [1.29, 1.82) is 0 Å². The monoisotopic (exact) mass is 442 g/mol. The van der Waals surface area contributed by atoms with E-state index in [9.17, 15) is 4.79 Å². The maximum absolute atomic E-state index is 12.3. The van der Waals surface area contributed by atoms with Gasteiger partial charge >= 0.3 is 0 Å². The van der Waals surface area contributed by atoms with Gasteiger partial charge in [0, 0.05) is 24.2 Å². The van der Waals surface area contributed by atoms with Crippen molar-refractivity contribution in [2.45, 2.75) is 44.6 Å². The Morgan fingerprint density at radius 1 is 1.27 bits per heavy atom. The summed E-state index contributed by atoms with van der Waals surface area (Å²) in [6.45, 7) is 4.94. The highest BCUT2D eigenvalue weighted by molar-refractivity contribution is 6.02. The summed E-state index contributed by atoms with van der Waals surface area (Å²) in [7, 11) is 0. The summed E-state index contributed by atoms with van der Waals surface area (Å²) >= 11 is 0. The van der Waals surface area contributed by atoms with E-state index >= 15 is 0 Å². The van der Waals surface area contributed by atoms with Gasteiger partial charge in [0.1, 0.15) is 12.1 Å². The van der Waals surface area contributed by atoms with Crippen LogP contribution in [0.2, 0.25) is 0 Å². The molecule has 4 N–H and O–H groups in total. The van der Waals surface area contributed by atoms with Crippen LogP contribution < -0.4 is 16.0 Å². The van der Waals surface area contributed by atoms with Gasteiger partial charge in [0.25, 0.3) is 0 Å². The quantitative estimate of drug-likeness (QED) is 0.415. The molecule has 0 radical (unpaired) electrons. The van der Waals surface area contributed by atoms with Crippen LogP contribution in [0, 0.1) is 17.8 Å². The number of carbonyl (C=O) groups excluding carboxylic acids is 1. The van der Waals surface area contributed by atoms with Crippen molar-refractivity contribution in [3.05, 3.63) is 53.7 Å². The molecule has 3 heterocycles. The average Bonchev–Trinajstić information content (AvgIpc) is 3.44. The number of nitrogens with one attached hydrogen (secondary N) is 4. The minimum absolute atomic E-state index is 0.0251. The van der Waals surface area contributed by atoms with Crippen LogP contribution >= 0.6 is 0 Å². The molecule has 2 aromatic heterocycles. The van der Waals surface area contributed by atoms with E-state index in [4.69, 9.17) is 6.42 Å². The molecular formula is C24H26N8O. The summed E-state index contributed by atoms with van der Waals surface area (Å²) < 4.78 is 0. The first kappa shape index (κ1) is 20.9. The van der Waals surface area contributed by atoms with Gasteiger partial charge < -0.3 is 16.0 Å². The fourth-order valence-corrected chi connectivity index (χ4v) is 4.73. The average molecular weight is 443 g/mol. The number of rotatable bonds is 7. The zero-order valence-corrected chi connectivity index (χ0v) is 18.6. The van der Waals surface area contributed by atoms with Crippen LogP contribution in [-0.2, 0) is 4.79 Å². The number of para-hydroxylation sites is 1. The van der Waals surface area contributed by atoms with Gasteiger partial charge in [0.2, 0.25) is 11.9 Å². The van der Waals surface area contributed by atoms with Crippen LogP contribution in [0.3, 0.4) is 0 Å². The van der Waals surface area contributed by atoms with E-state index in [-0.39, 0.29) is 29.2 Å². The Labute approximate surface area is 192 Å². The molecule has 3 atom stereocenters. The van der Waals surface area contributed by atoms with E-state index < -0.39 is 0 Å². The molecule has 1 aliphatic heterocycles. The topological polar surface area (TPSA) is 121 Å². The molecule has 1 unspecified atom stereocenters. The molecule has 33 heavy (non-hydrogen) atoms. The van der Waals surface area contributed by atoms with Crippen LogP contribution in [0.25, 0.3) is 0 Å². The molecule has 9 nitrogen and oxygen atoms in total. The largest absolute Gasteiger partial charge is 0.366 e. The van der Waals surface area contributed by atoms with Gasteiger partial charge in [0.05, 0.1) is 17.7 Å². The molecule has 5 rings (SSSR count). The molecule has 0 spiro atoms. The van der Waals surface area contributed by atoms with Crippen molar-refractivity contribution in [3.63, 3.8) is 0 Å². The van der Waals surface area contributed by atoms with Gasteiger partial charge in [-0.2, -0.15) is 10.1 Å². The van der Waals surface area contributed by atoms with Gasteiger partial charge in [-0.25, -0.2) is 9.97 Å². The Morgan fingerprint density at radius 2 is 2.12 bits per heavy atom. The smallest absolute Gasteiger partial charge is 0.232 e. The lowest BCUT2D eigenvalue weighted by molar-refractivity contribution is -0.117. The van der Waals surface area contributed by atoms with Crippen LogP contribution in [0.1, 0.15) is 55.5 Å². The first-order valence-electron chi connectivity index (χ1n) is 11.1. The van der Waals surface area contributed by atoms with E-state index in [0.717, 1.165) is 23.5 Å². The summed E-state index contributed by atoms with van der Waals surface area (Å²) in [5.74, 6) is 4.71. The number of amides is 1. The molecule has 1 aromatic carbocycles. The number of carbonyl (C=O) groups is 1. The SMILES string of the molecule is C#Cc1cnc(NCCC2C(=O)Nc3ccccc32)nc1N[C@@H]1C[C@H](c2nc[nH]n2)C1(C)C. The highest BCUT2D eigenvalue weighted by atomic mass is 16.2. The zero-order valence-electron chi connectivity index (χ0n) is 18.6. The van der Waals surface area contributed by atoms with Crippen molar-refractivity contribution in [2.75, 3.05) is 22.5 Å². The van der Waals surface area contributed by atoms with Crippen LogP contribution in [-0.4, -0.2) is 43.6 Å². The number of hydrogen-bond acceptors (Lipinski definition) is 7. The van der Waals surface area contributed by atoms with E-state index in [1.54, 1.807) is 12.5 Å². The number of benzene rings is 1. The third-order valence-corrected chi connectivity index (χ3v) is 6.89. The summed E-state index contributed by atoms with van der Waals surface area (Å²) in [4.78, 5) is 25.6. The Morgan fingerprint density at radius 3 is 2.88 bits per heavy atom. The molecule has 0 bridgehead atoms. The lowest BCUT2D eigenvalue weighted by atomic mass is 9.58. The molecule has 9 heteroatoms. The third-order valence-electron chi connectivity index (χ3n) is 6.89. The first-order chi connectivity index (χ1) is 16.0. The summed E-state index contributed by atoms with van der Waals surface area (Å²) in [5, 5.41) is 16.7. The molecule has 1 amide bonds. The Balaban J connectivity index is 1.24. The zero-order chi connectivity index (χ0) is 23.0. The summed E-state index contributed by atoms with van der Waals surface area (Å²) in [6.07, 6.45) is 10.5. The van der Waals surface area contributed by atoms with Gasteiger partial charge in [-0.3, -0.25) is 9.89 Å². The minimum Gasteiger partial charge on any atom is -0.366 e. The molecule has 168 valence electrons. The molecule has 1 fully saturated rings. The predicted molar refractivity (Wildman–Crippen MR) is 126 cm³/mol. The number of terminal acetylenes is 1. The Bertz CT molecular complexity index is 1210. The maximum atomic E-state index is 12.3. The Hall–Kier alpha value is -3.93. The highest BCUT2D eigenvalue weighted by Crippen LogP contribution is 2.52. The maximum Gasteiger partial charge on any atom is 0.232 e. The Kier molecular flexibility index (Phi) is 5.21. The molecule has 3 aromatic rings. The number of fused-ring (bicyclic) bond motifs is 1. The van der Waals surface area contributed by atoms with Gasteiger partial charge in [0.15, 0.2) is 5.82 Å². The van der Waals surface area contributed by atoms with E-state index in [1.807, 2.05) is 24.3 Å². The fourth-order valence-electron chi connectivity index (χ4n) is 4.73. The molecule has 1 saturated carbocycles. The molecule has 2 aliphatic rings. The number of aromatic amines is 1. The standard InChI is InChI=1S/C24H26N8O/c1-4-14-12-26-23(25-10-9-16-15-7-5-6-8-18(15)29-22(16)33)31-20(14)30-19-11-17(24(19,2)3)21-27-13-28-32-21/h1,5-8,12-13,16-17,19H,9-11H2,2-3H3,(H,29,33)(H,27,28,32)(H2,25,26,30,31)/t16?,17-,19-/m1/s1. The number of hydrogen-bond donors (Lipinski definition) is 4. The number of nitrogens with zero attached hydrogens (tertiary/aromatic N) is 4. The van der Waals surface area contributed by atoms with Crippen LogP contribution in [0.5, 0.6) is 0 Å². The minimum atomic E-state index is -0.181. The van der Waals surface area contributed by atoms with Crippen molar-refractivity contribution in [2.24, 2.45) is 5.41 Å². The van der Waals surface area contributed by atoms with Gasteiger partial charge in [-0.1, -0.05) is 38.0 Å². The van der Waals surface area contributed by atoms with Crippen LogP contribution in [0.15, 0.2) is 36.8 Å². The molecule has 0 saturated heterocycles. The summed E-state index contributed by atoms with van der Waals surface area (Å²) in [5.41, 5.74) is 2.47. The summed E-state index contributed by atoms with van der Waals surface area (Å²) in [6, 6.07) is 7.97. The van der Waals surface area contributed by atoms with Crippen molar-refractivity contribution in [1.82, 2.24) is 25.1 Å². The second-order valence-electron chi connectivity index (χ2n) is 9.11. The normalized spacial score (nSPS) is 22.6. The number of H-pyrrole nitrogens is 1. The fraction of sp³-hybridized carbons (Fsp3) is 0.375. The van der Waals surface area contributed by atoms with Crippen molar-refractivity contribution < 1.29 is 4.79 Å². The van der Waals surface area contributed by atoms with Gasteiger partial charge in [-0.05, 0) is 29.9 Å². The van der Waals surface area contributed by atoms with Crippen molar-refractivity contribution in [3.8, 4) is 12.3 Å². The number of aromatic nitrogens is 5. The second kappa shape index (κ2) is 8.20. The molecular weight excluding hydrogens is 416 g/mol. The highest BCUT2D eigenvalue weighted by Gasteiger charge is 2.50. The van der Waals surface area contributed by atoms with Gasteiger partial charge in [-0.15, -0.1) is 6.42 Å². The first-order valence-corrected chi connectivity index (χ1v) is 11.1. The van der Waals surface area contributed by atoms with Crippen LogP contribution in [0.4, 0.5) is 17.5 Å². The van der Waals surface area contributed by atoms with Crippen molar-refractivity contribution >= 4 is 23.4 Å². The number of anilines is 3. The predicted octanol–water partition coefficient (Wildman–Crippen LogP) is 3.11. The van der Waals surface area contributed by atoms with E-state index in [1.165, 1.54) is 0 Å². The lowest BCUT2D eigenvalue weighted by Gasteiger charge is -2.51. The molecule has 1 aliphatic carbocycles. The van der Waals surface area contributed by atoms with E-state index in [2.05, 4.69) is 60.9 Å². The third kappa shape index (κ3) is 3.78. The second-order valence-corrected chi connectivity index (χ2v) is 9.11. The van der Waals surface area contributed by atoms with E-state index in [0.29, 0.717) is 30.3 Å².